The third-order valence-electron chi connectivity index (χ3n) is 8.90. The van der Waals surface area contributed by atoms with Gasteiger partial charge in [0.1, 0.15) is 5.82 Å². The van der Waals surface area contributed by atoms with Crippen LogP contribution in [0.4, 0.5) is 10.1 Å². The van der Waals surface area contributed by atoms with Gasteiger partial charge in [0.2, 0.25) is 5.91 Å². The van der Waals surface area contributed by atoms with E-state index in [2.05, 4.69) is 49.7 Å². The second-order valence-electron chi connectivity index (χ2n) is 12.8. The first-order chi connectivity index (χ1) is 18.9. The molecule has 5 rings (SSSR count). The third-order valence-corrected chi connectivity index (χ3v) is 8.90. The number of aromatic nitrogens is 1. The maximum atomic E-state index is 14.0. The number of fused-ring (bicyclic) bond motifs is 1. The molecule has 218 valence electrons. The molecule has 40 heavy (non-hydrogen) atoms. The van der Waals surface area contributed by atoms with Crippen molar-refractivity contribution < 1.29 is 13.9 Å². The molecule has 0 aliphatic carbocycles. The van der Waals surface area contributed by atoms with Crippen LogP contribution in [-0.4, -0.2) is 90.4 Å². The van der Waals surface area contributed by atoms with Crippen LogP contribution in [-0.2, 0) is 28.4 Å². The van der Waals surface area contributed by atoms with Gasteiger partial charge in [0.25, 0.3) is 5.56 Å². The van der Waals surface area contributed by atoms with Crippen molar-refractivity contribution in [2.24, 2.45) is 7.05 Å². The highest BCUT2D eigenvalue weighted by Crippen LogP contribution is 2.40. The van der Waals surface area contributed by atoms with E-state index in [9.17, 15) is 14.0 Å². The number of halogens is 1. The van der Waals surface area contributed by atoms with Gasteiger partial charge in [-0.15, -0.1) is 0 Å². The Morgan fingerprint density at radius 2 is 1.80 bits per heavy atom. The molecule has 0 saturated carbocycles. The lowest BCUT2D eigenvalue weighted by Crippen LogP contribution is -2.63. The zero-order chi connectivity index (χ0) is 28.8. The van der Waals surface area contributed by atoms with E-state index < -0.39 is 0 Å². The number of amides is 1. The highest BCUT2D eigenvalue weighted by Gasteiger charge is 2.42. The van der Waals surface area contributed by atoms with Gasteiger partial charge in [0.05, 0.1) is 31.1 Å². The number of nitrogens with zero attached hydrogens (tertiary/aromatic N) is 4. The van der Waals surface area contributed by atoms with E-state index in [-0.39, 0.29) is 28.7 Å². The van der Waals surface area contributed by atoms with Gasteiger partial charge in [-0.05, 0) is 44.5 Å². The number of morpholine rings is 1. The summed E-state index contributed by atoms with van der Waals surface area (Å²) >= 11 is 0. The van der Waals surface area contributed by atoms with Crippen LogP contribution >= 0.6 is 0 Å². The number of carbonyl (C=O) groups excluding carboxylic acids is 1. The van der Waals surface area contributed by atoms with E-state index in [1.807, 2.05) is 11.0 Å². The summed E-state index contributed by atoms with van der Waals surface area (Å²) in [6, 6.07) is 9.32. The van der Waals surface area contributed by atoms with Crippen LogP contribution in [0.2, 0.25) is 0 Å². The monoisotopic (exact) mass is 553 g/mol. The Morgan fingerprint density at radius 3 is 2.48 bits per heavy atom. The van der Waals surface area contributed by atoms with Crippen LogP contribution in [0.15, 0.2) is 35.1 Å². The molecule has 3 aliphatic rings. The molecule has 0 spiro atoms. The molecule has 1 aromatic carbocycles. The number of pyridine rings is 1. The summed E-state index contributed by atoms with van der Waals surface area (Å²) < 4.78 is 20.9. The molecule has 2 fully saturated rings. The van der Waals surface area contributed by atoms with Gasteiger partial charge in [-0.3, -0.25) is 19.4 Å². The first-order valence-corrected chi connectivity index (χ1v) is 14.5. The van der Waals surface area contributed by atoms with Gasteiger partial charge in [-0.1, -0.05) is 26.0 Å². The number of rotatable bonds is 6. The Bertz CT molecular complexity index is 1280. The Kier molecular flexibility index (Phi) is 8.21. The lowest BCUT2D eigenvalue weighted by Gasteiger charge is -2.46. The summed E-state index contributed by atoms with van der Waals surface area (Å²) in [6.45, 7) is 15.6. The van der Waals surface area contributed by atoms with Crippen molar-refractivity contribution in [3.63, 3.8) is 0 Å². The Labute approximate surface area is 237 Å². The standard InChI is InChI=1S/C31H44FN5O3/c1-20-14-35(26(13-33-20)15-36-21(2)17-40-18-22(36)3)16-28(38)37-19-31(4,5)29-27(37)12-24(30(39)34(29)6)11-23-7-9-25(32)10-8-23/h7-10,12,20-22,26,33H,11,13-19H2,1-6H3/t20-,21-,22-,26-/m1/s1. The minimum atomic E-state index is -0.359. The molecule has 8 nitrogen and oxygen atoms in total. The number of anilines is 1. The number of nitrogens with one attached hydrogen (secondary N) is 1. The molecule has 0 bridgehead atoms. The normalized spacial score (nSPS) is 27.1. The van der Waals surface area contributed by atoms with Crippen LogP contribution < -0.4 is 15.8 Å². The first kappa shape index (κ1) is 28.9. The molecule has 2 saturated heterocycles. The Hall–Kier alpha value is -2.59. The van der Waals surface area contributed by atoms with Crippen molar-refractivity contribution in [3.8, 4) is 0 Å². The van der Waals surface area contributed by atoms with Crippen LogP contribution in [0.5, 0.6) is 0 Å². The summed E-state index contributed by atoms with van der Waals surface area (Å²) in [5.41, 5.74) is 2.72. The summed E-state index contributed by atoms with van der Waals surface area (Å²) in [5.74, 6) is -0.248. The predicted octanol–water partition coefficient (Wildman–Crippen LogP) is 2.51. The molecule has 4 heterocycles. The van der Waals surface area contributed by atoms with Crippen molar-refractivity contribution in [2.45, 2.75) is 70.6 Å². The highest BCUT2D eigenvalue weighted by molar-refractivity contribution is 5.97. The fourth-order valence-electron chi connectivity index (χ4n) is 6.82. The van der Waals surface area contributed by atoms with Crippen LogP contribution in [0.3, 0.4) is 0 Å². The van der Waals surface area contributed by atoms with Crippen molar-refractivity contribution in [3.05, 3.63) is 63.3 Å². The molecule has 1 N–H and O–H groups in total. The van der Waals surface area contributed by atoms with E-state index in [0.717, 1.165) is 49.8 Å². The van der Waals surface area contributed by atoms with Gasteiger partial charge in [-0.2, -0.15) is 0 Å². The van der Waals surface area contributed by atoms with Gasteiger partial charge < -0.3 is 19.5 Å². The average Bonchev–Trinajstić information content (AvgIpc) is 3.17. The second-order valence-corrected chi connectivity index (χ2v) is 12.8. The fourth-order valence-corrected chi connectivity index (χ4v) is 6.82. The van der Waals surface area contributed by atoms with Crippen LogP contribution in [0.1, 0.15) is 51.4 Å². The van der Waals surface area contributed by atoms with Crippen molar-refractivity contribution >= 4 is 11.6 Å². The minimum Gasteiger partial charge on any atom is -0.378 e. The quantitative estimate of drug-likeness (QED) is 0.593. The predicted molar refractivity (Wildman–Crippen MR) is 156 cm³/mol. The summed E-state index contributed by atoms with van der Waals surface area (Å²) in [6.07, 6.45) is 0.385. The number of benzene rings is 1. The van der Waals surface area contributed by atoms with Gasteiger partial charge >= 0.3 is 0 Å². The molecule has 1 aromatic heterocycles. The molecule has 2 aromatic rings. The second kappa shape index (κ2) is 11.4. The molecule has 9 heteroatoms. The first-order valence-electron chi connectivity index (χ1n) is 14.5. The topological polar surface area (TPSA) is 70.1 Å². The number of hydrogen-bond acceptors (Lipinski definition) is 6. The average molecular weight is 554 g/mol. The number of hydrogen-bond donors (Lipinski definition) is 1. The SMILES string of the molecule is C[C@@H]1CN(CC(=O)N2CC(C)(C)c3c2cc(Cc2ccc(F)cc2)c(=O)n3C)[C@@H](CN2[C@H](C)COC[C@H]2C)CN1. The lowest BCUT2D eigenvalue weighted by molar-refractivity contribution is -0.121. The van der Waals surface area contributed by atoms with Gasteiger partial charge in [0, 0.05) is 74.8 Å². The fraction of sp³-hybridized carbons (Fsp3) is 0.613. The van der Waals surface area contributed by atoms with Crippen molar-refractivity contribution in [2.75, 3.05) is 50.8 Å². The maximum Gasteiger partial charge on any atom is 0.254 e. The van der Waals surface area contributed by atoms with E-state index in [4.69, 9.17) is 4.74 Å². The van der Waals surface area contributed by atoms with E-state index in [1.165, 1.54) is 12.1 Å². The Balaban J connectivity index is 1.40. The van der Waals surface area contributed by atoms with Crippen molar-refractivity contribution in [1.29, 1.82) is 0 Å². The molecule has 4 atom stereocenters. The molecule has 1 amide bonds. The summed E-state index contributed by atoms with van der Waals surface area (Å²) in [5, 5.41) is 3.61. The van der Waals surface area contributed by atoms with Gasteiger partial charge in [-0.25, -0.2) is 4.39 Å². The Morgan fingerprint density at radius 1 is 1.12 bits per heavy atom. The highest BCUT2D eigenvalue weighted by atomic mass is 19.1. The zero-order valence-corrected chi connectivity index (χ0v) is 24.7. The summed E-state index contributed by atoms with van der Waals surface area (Å²) in [7, 11) is 1.80. The third kappa shape index (κ3) is 5.75. The van der Waals surface area contributed by atoms with E-state index >= 15 is 0 Å². The smallest absolute Gasteiger partial charge is 0.254 e. The van der Waals surface area contributed by atoms with Crippen LogP contribution in [0, 0.1) is 5.82 Å². The van der Waals surface area contributed by atoms with Crippen LogP contribution in [0.25, 0.3) is 0 Å². The summed E-state index contributed by atoms with van der Waals surface area (Å²) in [4.78, 5) is 34.1. The van der Waals surface area contributed by atoms with E-state index in [0.29, 0.717) is 43.2 Å². The minimum absolute atomic E-state index is 0.0559. The number of carbonyl (C=O) groups is 1. The molecule has 0 radical (unpaired) electrons. The molecular weight excluding hydrogens is 509 g/mol. The maximum absolute atomic E-state index is 14.0. The van der Waals surface area contributed by atoms with Crippen molar-refractivity contribution in [1.82, 2.24) is 19.7 Å². The molecule has 3 aliphatic heterocycles. The lowest BCUT2D eigenvalue weighted by atomic mass is 9.90. The number of ether oxygens (including phenoxy) is 1. The zero-order valence-electron chi connectivity index (χ0n) is 24.7. The van der Waals surface area contributed by atoms with E-state index in [1.54, 1.807) is 23.7 Å². The molecular formula is C31H44FN5O3. The van der Waals surface area contributed by atoms with Gasteiger partial charge in [0.15, 0.2) is 0 Å². The number of piperazine rings is 1. The molecule has 0 unspecified atom stereocenters. The largest absolute Gasteiger partial charge is 0.378 e.